The van der Waals surface area contributed by atoms with E-state index in [4.69, 9.17) is 9.15 Å². The fourth-order valence-corrected chi connectivity index (χ4v) is 5.57. The molecule has 1 fully saturated rings. The van der Waals surface area contributed by atoms with Crippen molar-refractivity contribution < 1.29 is 17.6 Å². The van der Waals surface area contributed by atoms with E-state index in [1.165, 1.54) is 0 Å². The second kappa shape index (κ2) is 8.88. The number of sulfonamides is 1. The van der Waals surface area contributed by atoms with Gasteiger partial charge in [-0.1, -0.05) is 6.07 Å². The van der Waals surface area contributed by atoms with Crippen LogP contribution >= 0.6 is 0 Å². The van der Waals surface area contributed by atoms with Crippen molar-refractivity contribution in [1.82, 2.24) is 5.32 Å². The van der Waals surface area contributed by atoms with E-state index in [1.54, 1.807) is 50.8 Å². The zero-order chi connectivity index (χ0) is 22.9. The molecule has 1 saturated heterocycles. The Kier molecular flexibility index (Phi) is 6.17. The first-order chi connectivity index (χ1) is 15.3. The van der Waals surface area contributed by atoms with Crippen LogP contribution in [0.4, 0.5) is 11.4 Å². The van der Waals surface area contributed by atoms with Gasteiger partial charge in [-0.3, -0.25) is 4.72 Å². The van der Waals surface area contributed by atoms with Gasteiger partial charge in [0.1, 0.15) is 5.75 Å². The smallest absolute Gasteiger partial charge is 0.262 e. The zero-order valence-electron chi connectivity index (χ0n) is 18.8. The third-order valence-corrected chi connectivity index (χ3v) is 7.19. The van der Waals surface area contributed by atoms with Crippen molar-refractivity contribution in [3.05, 3.63) is 60.6 Å². The van der Waals surface area contributed by atoms with Crippen LogP contribution in [-0.2, 0) is 10.0 Å². The standard InChI is InChI=1S/C24H29N3O4S/c1-16-11-19(20-9-10-31-15-20)5-8-24(16)32(28,29)26-21-6-7-23(30-4)22(12-21)27-13-17(2)25-18(3)14-27/h5-12,15,17-18,25-26H,13-14H2,1-4H3/t17-,18+. The van der Waals surface area contributed by atoms with E-state index in [9.17, 15) is 8.42 Å². The van der Waals surface area contributed by atoms with Crippen molar-refractivity contribution in [2.75, 3.05) is 29.8 Å². The summed E-state index contributed by atoms with van der Waals surface area (Å²) in [7, 11) is -2.14. The Morgan fingerprint density at radius 3 is 2.44 bits per heavy atom. The molecule has 2 N–H and O–H groups in total. The van der Waals surface area contributed by atoms with E-state index >= 15 is 0 Å². The summed E-state index contributed by atoms with van der Waals surface area (Å²) in [6, 6.07) is 13.1. The molecule has 8 heteroatoms. The first-order valence-corrected chi connectivity index (χ1v) is 12.1. The molecule has 1 aliphatic rings. The lowest BCUT2D eigenvalue weighted by Gasteiger charge is -2.38. The molecule has 2 heterocycles. The lowest BCUT2D eigenvalue weighted by atomic mass is 10.1. The molecule has 1 aromatic heterocycles. The molecular formula is C24H29N3O4S. The van der Waals surface area contributed by atoms with Crippen molar-refractivity contribution in [2.24, 2.45) is 0 Å². The van der Waals surface area contributed by atoms with Gasteiger partial charge in [-0.05, 0) is 68.3 Å². The van der Waals surface area contributed by atoms with Crippen molar-refractivity contribution in [3.63, 3.8) is 0 Å². The number of nitrogens with zero attached hydrogens (tertiary/aromatic N) is 1. The van der Waals surface area contributed by atoms with Crippen LogP contribution in [0.15, 0.2) is 64.3 Å². The molecule has 0 bridgehead atoms. The Morgan fingerprint density at radius 1 is 1.06 bits per heavy atom. The van der Waals surface area contributed by atoms with Gasteiger partial charge in [0.15, 0.2) is 0 Å². The Labute approximate surface area is 189 Å². The van der Waals surface area contributed by atoms with Crippen molar-refractivity contribution in [1.29, 1.82) is 0 Å². The molecule has 0 aliphatic carbocycles. The fraction of sp³-hybridized carbons (Fsp3) is 0.333. The predicted octanol–water partition coefficient (Wildman–Crippen LogP) is 4.25. The minimum Gasteiger partial charge on any atom is -0.495 e. The number of nitrogens with one attached hydrogen (secondary N) is 2. The number of hydrogen-bond donors (Lipinski definition) is 2. The van der Waals surface area contributed by atoms with Gasteiger partial charge >= 0.3 is 0 Å². The molecule has 0 unspecified atom stereocenters. The number of piperazine rings is 1. The highest BCUT2D eigenvalue weighted by Gasteiger charge is 2.24. The van der Waals surface area contributed by atoms with Crippen LogP contribution in [0.3, 0.4) is 0 Å². The van der Waals surface area contributed by atoms with Crippen LogP contribution in [0.25, 0.3) is 11.1 Å². The fourth-order valence-electron chi connectivity index (χ4n) is 4.29. The largest absolute Gasteiger partial charge is 0.495 e. The second-order valence-corrected chi connectivity index (χ2v) is 10.0. The SMILES string of the molecule is COc1ccc(NS(=O)(=O)c2ccc(-c3ccoc3)cc2C)cc1N1C[C@@H](C)N[C@@H](C)C1. The van der Waals surface area contributed by atoms with Gasteiger partial charge in [0.05, 0.1) is 35.9 Å². The van der Waals surface area contributed by atoms with Gasteiger partial charge in [0.2, 0.25) is 0 Å². The summed E-state index contributed by atoms with van der Waals surface area (Å²) in [6.45, 7) is 7.69. The summed E-state index contributed by atoms with van der Waals surface area (Å²) in [5.41, 5.74) is 3.85. The first-order valence-electron chi connectivity index (χ1n) is 10.6. The van der Waals surface area contributed by atoms with Crippen molar-refractivity contribution in [2.45, 2.75) is 37.8 Å². The maximum Gasteiger partial charge on any atom is 0.262 e. The van der Waals surface area contributed by atoms with E-state index in [0.717, 1.165) is 35.7 Å². The second-order valence-electron chi connectivity index (χ2n) is 8.36. The molecule has 1 aliphatic heterocycles. The summed E-state index contributed by atoms with van der Waals surface area (Å²) in [4.78, 5) is 2.47. The molecule has 170 valence electrons. The van der Waals surface area contributed by atoms with E-state index < -0.39 is 10.0 Å². The van der Waals surface area contributed by atoms with Crippen LogP contribution < -0.4 is 19.7 Å². The van der Waals surface area contributed by atoms with Crippen LogP contribution in [0.1, 0.15) is 19.4 Å². The third-order valence-electron chi connectivity index (χ3n) is 5.65. The molecule has 0 radical (unpaired) electrons. The Hall–Kier alpha value is -2.97. The summed E-state index contributed by atoms with van der Waals surface area (Å²) in [6.07, 6.45) is 3.23. The topological polar surface area (TPSA) is 83.8 Å². The van der Waals surface area contributed by atoms with E-state index in [1.807, 2.05) is 18.2 Å². The quantitative estimate of drug-likeness (QED) is 0.578. The van der Waals surface area contributed by atoms with Gasteiger partial charge in [-0.2, -0.15) is 0 Å². The maximum atomic E-state index is 13.2. The number of rotatable bonds is 6. The zero-order valence-corrected chi connectivity index (χ0v) is 19.6. The lowest BCUT2D eigenvalue weighted by molar-refractivity contribution is 0.391. The molecule has 2 aromatic carbocycles. The monoisotopic (exact) mass is 455 g/mol. The summed E-state index contributed by atoms with van der Waals surface area (Å²) < 4.78 is 39.8. The minimum atomic E-state index is -3.76. The summed E-state index contributed by atoms with van der Waals surface area (Å²) in [5, 5.41) is 3.51. The minimum absolute atomic E-state index is 0.242. The van der Waals surface area contributed by atoms with E-state index in [0.29, 0.717) is 23.3 Å². The van der Waals surface area contributed by atoms with Gasteiger partial charge < -0.3 is 19.4 Å². The third kappa shape index (κ3) is 4.61. The van der Waals surface area contributed by atoms with Crippen molar-refractivity contribution in [3.8, 4) is 16.9 Å². The summed E-state index contributed by atoms with van der Waals surface area (Å²) >= 11 is 0. The highest BCUT2D eigenvalue weighted by atomic mass is 32.2. The first kappa shape index (κ1) is 22.2. The van der Waals surface area contributed by atoms with Gasteiger partial charge in [0, 0.05) is 30.7 Å². The average molecular weight is 456 g/mol. The maximum absolute atomic E-state index is 13.2. The van der Waals surface area contributed by atoms with Gasteiger partial charge in [0.25, 0.3) is 10.0 Å². The van der Waals surface area contributed by atoms with Crippen LogP contribution in [-0.4, -0.2) is 40.7 Å². The number of aryl methyl sites for hydroxylation is 1. The average Bonchev–Trinajstić information content (AvgIpc) is 3.27. The summed E-state index contributed by atoms with van der Waals surface area (Å²) in [5.74, 6) is 0.717. The molecule has 2 atom stereocenters. The predicted molar refractivity (Wildman–Crippen MR) is 127 cm³/mol. The lowest BCUT2D eigenvalue weighted by Crippen LogP contribution is -2.54. The molecule has 7 nitrogen and oxygen atoms in total. The molecule has 0 amide bonds. The molecule has 4 rings (SSSR count). The molecule has 3 aromatic rings. The number of hydrogen-bond acceptors (Lipinski definition) is 6. The number of ether oxygens (including phenoxy) is 1. The Morgan fingerprint density at radius 2 is 1.81 bits per heavy atom. The van der Waals surface area contributed by atoms with Gasteiger partial charge in [-0.15, -0.1) is 0 Å². The van der Waals surface area contributed by atoms with Crippen LogP contribution in [0.5, 0.6) is 5.75 Å². The van der Waals surface area contributed by atoms with E-state index in [2.05, 4.69) is 28.8 Å². The Balaban J connectivity index is 1.62. The number of anilines is 2. The normalized spacial score (nSPS) is 19.1. The molecule has 0 saturated carbocycles. The molecule has 0 spiro atoms. The highest BCUT2D eigenvalue weighted by Crippen LogP contribution is 2.34. The van der Waals surface area contributed by atoms with Gasteiger partial charge in [-0.25, -0.2) is 8.42 Å². The van der Waals surface area contributed by atoms with E-state index in [-0.39, 0.29) is 4.90 Å². The highest BCUT2D eigenvalue weighted by molar-refractivity contribution is 7.92. The number of furan rings is 1. The molecular weight excluding hydrogens is 426 g/mol. The van der Waals surface area contributed by atoms with Crippen LogP contribution in [0.2, 0.25) is 0 Å². The number of benzene rings is 2. The molecule has 32 heavy (non-hydrogen) atoms. The Bertz CT molecular complexity index is 1180. The number of methoxy groups -OCH3 is 1. The van der Waals surface area contributed by atoms with Crippen LogP contribution in [0, 0.1) is 6.92 Å². The van der Waals surface area contributed by atoms with Crippen molar-refractivity contribution >= 4 is 21.4 Å².